The van der Waals surface area contributed by atoms with Gasteiger partial charge in [0.25, 0.3) is 10.0 Å². The number of aromatic nitrogens is 2. The fourth-order valence-corrected chi connectivity index (χ4v) is 4.67. The lowest BCUT2D eigenvalue weighted by molar-refractivity contribution is -0.151. The van der Waals surface area contributed by atoms with Gasteiger partial charge in [0.1, 0.15) is 0 Å². The summed E-state index contributed by atoms with van der Waals surface area (Å²) in [4.78, 5) is 11.7. The van der Waals surface area contributed by atoms with Crippen LogP contribution in [0.4, 0.5) is 0 Å². The number of aliphatic carboxylic acids is 1. The number of hydrogen-bond acceptors (Lipinski definition) is 4. The van der Waals surface area contributed by atoms with Crippen molar-refractivity contribution in [3.8, 4) is 0 Å². The number of sulfonamides is 1. The second-order valence-electron chi connectivity index (χ2n) is 5.57. The smallest absolute Gasteiger partial charge is 0.310 e. The van der Waals surface area contributed by atoms with E-state index in [9.17, 15) is 18.3 Å². The standard InChI is InChI=1S/C13H21N3O4S/c1-3-6-13(12(17)18)7-4-9-16(10-13)21(19,20)11-5-8-14-15(11)2/h5,8H,3-4,6-7,9-10H2,1-2H3,(H,17,18). The number of aryl methyl sites for hydroxylation is 1. The van der Waals surface area contributed by atoms with E-state index in [1.165, 1.54) is 21.3 Å². The molecule has 8 heteroatoms. The summed E-state index contributed by atoms with van der Waals surface area (Å²) in [6, 6.07) is 1.44. The van der Waals surface area contributed by atoms with Crippen molar-refractivity contribution >= 4 is 16.0 Å². The molecule has 0 aliphatic carbocycles. The Morgan fingerprint density at radius 3 is 2.76 bits per heavy atom. The van der Waals surface area contributed by atoms with Crippen molar-refractivity contribution in [2.75, 3.05) is 13.1 Å². The number of carboxylic acids is 1. The van der Waals surface area contributed by atoms with Gasteiger partial charge in [0.2, 0.25) is 0 Å². The second kappa shape index (κ2) is 5.76. The van der Waals surface area contributed by atoms with Crippen molar-refractivity contribution in [2.24, 2.45) is 12.5 Å². The zero-order valence-corrected chi connectivity index (χ0v) is 13.1. The maximum atomic E-state index is 12.7. The van der Waals surface area contributed by atoms with Gasteiger partial charge in [-0.25, -0.2) is 8.42 Å². The molecule has 1 unspecified atom stereocenters. The highest BCUT2D eigenvalue weighted by molar-refractivity contribution is 7.89. The van der Waals surface area contributed by atoms with Gasteiger partial charge < -0.3 is 5.11 Å². The summed E-state index contributed by atoms with van der Waals surface area (Å²) < 4.78 is 27.9. The molecule has 1 N–H and O–H groups in total. The SMILES string of the molecule is CCCC1(C(=O)O)CCCN(S(=O)(=O)c2ccnn2C)C1. The largest absolute Gasteiger partial charge is 0.481 e. The fourth-order valence-electron chi connectivity index (χ4n) is 3.01. The summed E-state index contributed by atoms with van der Waals surface area (Å²) >= 11 is 0. The van der Waals surface area contributed by atoms with Crippen LogP contribution in [0, 0.1) is 5.41 Å². The van der Waals surface area contributed by atoms with Crippen molar-refractivity contribution in [2.45, 2.75) is 37.6 Å². The maximum Gasteiger partial charge on any atom is 0.310 e. The van der Waals surface area contributed by atoms with E-state index < -0.39 is 21.4 Å². The van der Waals surface area contributed by atoms with Crippen molar-refractivity contribution in [1.29, 1.82) is 0 Å². The number of rotatable bonds is 5. The lowest BCUT2D eigenvalue weighted by Crippen LogP contribution is -2.50. The van der Waals surface area contributed by atoms with Gasteiger partial charge in [-0.1, -0.05) is 13.3 Å². The van der Waals surface area contributed by atoms with Crippen molar-refractivity contribution < 1.29 is 18.3 Å². The average molecular weight is 315 g/mol. The van der Waals surface area contributed by atoms with E-state index in [4.69, 9.17) is 0 Å². The third-order valence-corrected chi connectivity index (χ3v) is 6.02. The number of piperidine rings is 1. The molecule has 0 saturated carbocycles. The predicted octanol–water partition coefficient (Wildman–Crippen LogP) is 1.08. The molecule has 0 bridgehead atoms. The molecule has 2 rings (SSSR count). The highest BCUT2D eigenvalue weighted by Gasteiger charge is 2.45. The Labute approximate surface area is 124 Å². The Balaban J connectivity index is 2.33. The molecule has 2 heterocycles. The summed E-state index contributed by atoms with van der Waals surface area (Å²) in [5.74, 6) is -0.908. The van der Waals surface area contributed by atoms with Crippen molar-refractivity contribution in [3.05, 3.63) is 12.3 Å². The third kappa shape index (κ3) is 2.82. The lowest BCUT2D eigenvalue weighted by atomic mass is 9.77. The minimum Gasteiger partial charge on any atom is -0.481 e. The molecule has 21 heavy (non-hydrogen) atoms. The van der Waals surface area contributed by atoms with Gasteiger partial charge in [0.15, 0.2) is 5.03 Å². The Kier molecular flexibility index (Phi) is 4.38. The van der Waals surface area contributed by atoms with Crippen LogP contribution in [0.15, 0.2) is 17.3 Å². The van der Waals surface area contributed by atoms with Crippen molar-refractivity contribution in [1.82, 2.24) is 14.1 Å². The molecule has 0 aromatic carbocycles. The first-order valence-corrected chi connectivity index (χ1v) is 8.49. The van der Waals surface area contributed by atoms with Crippen LogP contribution in [0.1, 0.15) is 32.6 Å². The van der Waals surface area contributed by atoms with Crippen LogP contribution in [-0.4, -0.2) is 46.7 Å². The molecule has 1 atom stereocenters. The van der Waals surface area contributed by atoms with Gasteiger partial charge in [-0.05, 0) is 25.3 Å². The molecule has 118 valence electrons. The topological polar surface area (TPSA) is 92.5 Å². The van der Waals surface area contributed by atoms with E-state index >= 15 is 0 Å². The molecule has 1 aromatic rings. The summed E-state index contributed by atoms with van der Waals surface area (Å²) in [5.41, 5.74) is -0.974. The molecular formula is C13H21N3O4S. The summed E-state index contributed by atoms with van der Waals surface area (Å²) in [6.07, 6.45) is 3.70. The molecule has 0 radical (unpaired) electrons. The van der Waals surface area contributed by atoms with Crippen molar-refractivity contribution in [3.63, 3.8) is 0 Å². The zero-order valence-electron chi connectivity index (χ0n) is 12.3. The number of hydrogen-bond donors (Lipinski definition) is 1. The van der Waals surface area contributed by atoms with Crippen LogP contribution in [0.25, 0.3) is 0 Å². The highest BCUT2D eigenvalue weighted by atomic mass is 32.2. The predicted molar refractivity (Wildman–Crippen MR) is 76.2 cm³/mol. The number of carbonyl (C=O) groups is 1. The number of nitrogens with zero attached hydrogens (tertiary/aromatic N) is 3. The molecule has 1 aliphatic heterocycles. The van der Waals surface area contributed by atoms with Crippen LogP contribution in [0.2, 0.25) is 0 Å². The Morgan fingerprint density at radius 2 is 2.24 bits per heavy atom. The van der Waals surface area contributed by atoms with Crippen LogP contribution in [-0.2, 0) is 21.9 Å². The minimum atomic E-state index is -3.70. The van der Waals surface area contributed by atoms with Gasteiger partial charge in [-0.3, -0.25) is 9.48 Å². The number of carboxylic acid groups (broad SMARTS) is 1. The maximum absolute atomic E-state index is 12.7. The molecule has 7 nitrogen and oxygen atoms in total. The molecule has 1 aliphatic rings. The lowest BCUT2D eigenvalue weighted by Gasteiger charge is -2.39. The monoisotopic (exact) mass is 315 g/mol. The summed E-state index contributed by atoms with van der Waals surface area (Å²) in [6.45, 7) is 2.30. The van der Waals surface area contributed by atoms with E-state index in [1.54, 1.807) is 7.05 Å². The summed E-state index contributed by atoms with van der Waals surface area (Å²) in [7, 11) is -2.14. The first-order valence-electron chi connectivity index (χ1n) is 7.05. The quantitative estimate of drug-likeness (QED) is 0.877. The Hall–Kier alpha value is -1.41. The molecule has 1 saturated heterocycles. The normalized spacial score (nSPS) is 24.1. The molecule has 1 aromatic heterocycles. The van der Waals surface area contributed by atoms with E-state index in [0.717, 1.165) is 0 Å². The average Bonchev–Trinajstić information content (AvgIpc) is 2.86. The highest BCUT2D eigenvalue weighted by Crippen LogP contribution is 2.37. The molecule has 1 fully saturated rings. The molecule has 0 amide bonds. The van der Waals surface area contributed by atoms with Gasteiger partial charge in [0.05, 0.1) is 11.6 Å². The van der Waals surface area contributed by atoms with E-state index in [1.807, 2.05) is 6.92 Å². The van der Waals surface area contributed by atoms with E-state index in [2.05, 4.69) is 5.10 Å². The van der Waals surface area contributed by atoms with Gasteiger partial charge in [0, 0.05) is 20.1 Å². The van der Waals surface area contributed by atoms with Gasteiger partial charge >= 0.3 is 5.97 Å². The van der Waals surface area contributed by atoms with E-state index in [0.29, 0.717) is 32.2 Å². The first kappa shape index (κ1) is 16.0. The van der Waals surface area contributed by atoms with E-state index in [-0.39, 0.29) is 11.6 Å². The zero-order chi connectivity index (χ0) is 15.7. The van der Waals surface area contributed by atoms with Crippen LogP contribution < -0.4 is 0 Å². The van der Waals surface area contributed by atoms with Gasteiger partial charge in [-0.2, -0.15) is 9.40 Å². The first-order chi connectivity index (χ1) is 9.83. The second-order valence-corrected chi connectivity index (χ2v) is 7.46. The third-order valence-electron chi connectivity index (χ3n) is 4.10. The van der Waals surface area contributed by atoms with Crippen LogP contribution in [0.3, 0.4) is 0 Å². The molecule has 0 spiro atoms. The Morgan fingerprint density at radius 1 is 1.52 bits per heavy atom. The molecular weight excluding hydrogens is 294 g/mol. The summed E-state index contributed by atoms with van der Waals surface area (Å²) in [5, 5.41) is 13.5. The minimum absolute atomic E-state index is 0.0314. The van der Waals surface area contributed by atoms with Crippen LogP contribution >= 0.6 is 0 Å². The van der Waals surface area contributed by atoms with Gasteiger partial charge in [-0.15, -0.1) is 0 Å². The Bertz CT molecular complexity index is 621. The van der Waals surface area contributed by atoms with Crippen LogP contribution in [0.5, 0.6) is 0 Å². The fraction of sp³-hybridized carbons (Fsp3) is 0.692.